The molecule has 0 aliphatic rings. The number of alkyl halides is 3. The van der Waals surface area contributed by atoms with Crippen LogP contribution in [-0.2, 0) is 0 Å². The van der Waals surface area contributed by atoms with Crippen LogP contribution >= 0.6 is 0 Å². The zero-order valence-corrected chi connectivity index (χ0v) is 8.83. The Kier molecular flexibility index (Phi) is 3.45. The average Bonchev–Trinajstić information content (AvgIpc) is 2.18. The number of aromatic carboxylic acids is 1. The van der Waals surface area contributed by atoms with E-state index in [0.29, 0.717) is 0 Å². The fourth-order valence-corrected chi connectivity index (χ4v) is 1.12. The highest BCUT2D eigenvalue weighted by Gasteiger charge is 2.34. The van der Waals surface area contributed by atoms with Crippen molar-refractivity contribution in [2.24, 2.45) is 0 Å². The summed E-state index contributed by atoms with van der Waals surface area (Å²) < 4.78 is 44.5. The zero-order valence-electron chi connectivity index (χ0n) is 8.83. The van der Waals surface area contributed by atoms with Crippen LogP contribution in [-0.4, -0.2) is 29.5 Å². The Labute approximate surface area is 93.8 Å². The van der Waals surface area contributed by atoms with Gasteiger partial charge in [0, 0.05) is 0 Å². The number of nitrogens with zero attached hydrogens (tertiary/aromatic N) is 1. The second kappa shape index (κ2) is 4.48. The number of pyridine rings is 1. The molecule has 1 rings (SSSR count). The molecule has 17 heavy (non-hydrogen) atoms. The van der Waals surface area contributed by atoms with Gasteiger partial charge in [0.1, 0.15) is 0 Å². The second-order valence-corrected chi connectivity index (χ2v) is 3.02. The van der Waals surface area contributed by atoms with Gasteiger partial charge < -0.3 is 14.6 Å². The Balaban J connectivity index is 3.26. The van der Waals surface area contributed by atoms with Crippen molar-refractivity contribution in [2.75, 3.05) is 7.11 Å². The van der Waals surface area contributed by atoms with E-state index < -0.39 is 29.7 Å². The Morgan fingerprint density at radius 3 is 2.47 bits per heavy atom. The number of carbonyl (C=O) groups is 1. The first-order valence-corrected chi connectivity index (χ1v) is 4.29. The van der Waals surface area contributed by atoms with Gasteiger partial charge in [-0.2, -0.15) is 0 Å². The molecular weight excluding hydrogens is 243 g/mol. The molecule has 8 heteroatoms. The minimum atomic E-state index is -4.90. The molecule has 0 saturated heterocycles. The summed E-state index contributed by atoms with van der Waals surface area (Å²) in [5, 5.41) is 8.67. The average molecular weight is 251 g/mol. The van der Waals surface area contributed by atoms with Crippen LogP contribution in [0.4, 0.5) is 13.2 Å². The van der Waals surface area contributed by atoms with Crippen LogP contribution in [0.25, 0.3) is 0 Å². The van der Waals surface area contributed by atoms with Gasteiger partial charge in [-0.3, -0.25) is 0 Å². The van der Waals surface area contributed by atoms with Gasteiger partial charge in [-0.15, -0.1) is 13.2 Å². The number of aryl methyl sites for hydroxylation is 1. The number of ether oxygens (including phenoxy) is 2. The van der Waals surface area contributed by atoms with E-state index in [1.807, 2.05) is 0 Å². The summed E-state index contributed by atoms with van der Waals surface area (Å²) in [5.74, 6) is -2.55. The number of carboxylic acids is 1. The molecule has 0 aromatic carbocycles. The maximum Gasteiger partial charge on any atom is 0.573 e. The zero-order chi connectivity index (χ0) is 13.2. The van der Waals surface area contributed by atoms with Gasteiger partial charge in [-0.25, -0.2) is 9.78 Å². The molecule has 0 amide bonds. The van der Waals surface area contributed by atoms with Crippen molar-refractivity contribution < 1.29 is 32.5 Å². The Morgan fingerprint density at radius 2 is 2.06 bits per heavy atom. The predicted molar refractivity (Wildman–Crippen MR) is 49.2 cm³/mol. The van der Waals surface area contributed by atoms with Crippen LogP contribution in [0.2, 0.25) is 0 Å². The van der Waals surface area contributed by atoms with Crippen LogP contribution in [0.5, 0.6) is 11.6 Å². The van der Waals surface area contributed by atoms with Crippen molar-refractivity contribution in [3.05, 3.63) is 17.3 Å². The van der Waals surface area contributed by atoms with E-state index in [4.69, 9.17) is 5.11 Å². The molecule has 94 valence electrons. The molecule has 0 saturated carbocycles. The smallest absolute Gasteiger partial charge is 0.478 e. The minimum absolute atomic E-state index is 0.0356. The number of halogens is 3. The summed E-state index contributed by atoms with van der Waals surface area (Å²) in [6.45, 7) is 1.26. The van der Waals surface area contributed by atoms with Crippen LogP contribution < -0.4 is 9.47 Å². The molecule has 1 aromatic rings. The first-order valence-electron chi connectivity index (χ1n) is 4.29. The maximum atomic E-state index is 12.1. The molecule has 0 unspecified atom stereocenters. The third-order valence-corrected chi connectivity index (χ3v) is 1.76. The van der Waals surface area contributed by atoms with Gasteiger partial charge >= 0.3 is 12.3 Å². The summed E-state index contributed by atoms with van der Waals surface area (Å²) in [5.41, 5.74) is -0.458. The normalized spacial score (nSPS) is 11.1. The topological polar surface area (TPSA) is 68.7 Å². The number of carboxylic acid groups (broad SMARTS) is 1. The number of methoxy groups -OCH3 is 1. The molecule has 0 aliphatic heterocycles. The molecule has 5 nitrogen and oxygen atoms in total. The Morgan fingerprint density at radius 1 is 1.47 bits per heavy atom. The van der Waals surface area contributed by atoms with Crippen LogP contribution in [0, 0.1) is 6.92 Å². The van der Waals surface area contributed by atoms with Gasteiger partial charge in [0.25, 0.3) is 5.88 Å². The number of aromatic nitrogens is 1. The van der Waals surface area contributed by atoms with Crippen LogP contribution in [0.1, 0.15) is 16.1 Å². The predicted octanol–water partition coefficient (Wildman–Crippen LogP) is 2.00. The van der Waals surface area contributed by atoms with E-state index in [-0.39, 0.29) is 5.56 Å². The van der Waals surface area contributed by atoms with Crippen molar-refractivity contribution >= 4 is 5.97 Å². The summed E-state index contributed by atoms with van der Waals surface area (Å²) in [6.07, 6.45) is -4.90. The van der Waals surface area contributed by atoms with E-state index in [0.717, 1.165) is 13.2 Å². The Hall–Kier alpha value is -1.99. The molecule has 1 aromatic heterocycles. The maximum absolute atomic E-state index is 12.1. The summed E-state index contributed by atoms with van der Waals surface area (Å²) in [4.78, 5) is 14.0. The highest BCUT2D eigenvalue weighted by molar-refractivity contribution is 5.86. The monoisotopic (exact) mass is 251 g/mol. The molecule has 0 radical (unpaired) electrons. The summed E-state index contributed by atoms with van der Waals surface area (Å²) in [7, 11) is 1.07. The Bertz CT molecular complexity index is 445. The largest absolute Gasteiger partial charge is 0.573 e. The lowest BCUT2D eigenvalue weighted by Crippen LogP contribution is -2.19. The SMILES string of the molecule is COc1nc(C(=O)O)cc(C)c1OC(F)(F)F. The van der Waals surface area contributed by atoms with Gasteiger partial charge in [0.2, 0.25) is 0 Å². The van der Waals surface area contributed by atoms with Gasteiger partial charge in [-0.05, 0) is 18.6 Å². The highest BCUT2D eigenvalue weighted by Crippen LogP contribution is 2.34. The molecular formula is C9H8F3NO4. The molecule has 1 heterocycles. The van der Waals surface area contributed by atoms with E-state index >= 15 is 0 Å². The van der Waals surface area contributed by atoms with Crippen molar-refractivity contribution in [3.8, 4) is 11.6 Å². The van der Waals surface area contributed by atoms with E-state index in [1.54, 1.807) is 0 Å². The highest BCUT2D eigenvalue weighted by atomic mass is 19.4. The molecule has 0 fully saturated rings. The molecule has 0 spiro atoms. The number of hydrogen-bond donors (Lipinski definition) is 1. The quantitative estimate of drug-likeness (QED) is 0.889. The number of rotatable bonds is 3. The second-order valence-electron chi connectivity index (χ2n) is 3.02. The van der Waals surface area contributed by atoms with Crippen molar-refractivity contribution in [2.45, 2.75) is 13.3 Å². The number of hydrogen-bond acceptors (Lipinski definition) is 4. The lowest BCUT2D eigenvalue weighted by atomic mass is 10.2. The fraction of sp³-hybridized carbons (Fsp3) is 0.333. The van der Waals surface area contributed by atoms with E-state index in [1.165, 1.54) is 6.92 Å². The lowest BCUT2D eigenvalue weighted by Gasteiger charge is -2.14. The van der Waals surface area contributed by atoms with Gasteiger partial charge in [0.15, 0.2) is 11.4 Å². The first kappa shape index (κ1) is 13.1. The first-order chi connectivity index (χ1) is 7.74. The molecule has 1 N–H and O–H groups in total. The van der Waals surface area contributed by atoms with Gasteiger partial charge in [0.05, 0.1) is 7.11 Å². The third kappa shape index (κ3) is 3.23. The van der Waals surface area contributed by atoms with Crippen LogP contribution in [0.3, 0.4) is 0 Å². The van der Waals surface area contributed by atoms with E-state index in [2.05, 4.69) is 14.5 Å². The van der Waals surface area contributed by atoms with Gasteiger partial charge in [-0.1, -0.05) is 0 Å². The van der Waals surface area contributed by atoms with Crippen molar-refractivity contribution in [1.82, 2.24) is 4.98 Å². The molecule has 0 bridgehead atoms. The fourth-order valence-electron chi connectivity index (χ4n) is 1.12. The summed E-state index contributed by atoms with van der Waals surface area (Å²) >= 11 is 0. The minimum Gasteiger partial charge on any atom is -0.478 e. The summed E-state index contributed by atoms with van der Waals surface area (Å²) in [6, 6.07) is 0.964. The third-order valence-electron chi connectivity index (χ3n) is 1.76. The van der Waals surface area contributed by atoms with Crippen molar-refractivity contribution in [3.63, 3.8) is 0 Å². The lowest BCUT2D eigenvalue weighted by molar-refractivity contribution is -0.275. The standard InChI is InChI=1S/C9H8F3NO4/c1-4-3-5(8(14)15)13-7(16-2)6(4)17-9(10,11)12/h3H,1-2H3,(H,14,15). The molecule has 0 atom stereocenters. The van der Waals surface area contributed by atoms with E-state index in [9.17, 15) is 18.0 Å². The van der Waals surface area contributed by atoms with Crippen LogP contribution in [0.15, 0.2) is 6.07 Å². The molecule has 0 aliphatic carbocycles. The van der Waals surface area contributed by atoms with Crippen molar-refractivity contribution in [1.29, 1.82) is 0 Å².